The third kappa shape index (κ3) is 2.68. The topological polar surface area (TPSA) is 82.8 Å². The highest BCUT2D eigenvalue weighted by Crippen LogP contribution is 2.28. The van der Waals surface area contributed by atoms with Crippen LogP contribution in [0.4, 0.5) is 0 Å². The minimum absolute atomic E-state index is 0.129. The number of aromatic nitrogens is 4. The van der Waals surface area contributed by atoms with E-state index >= 15 is 0 Å². The Morgan fingerprint density at radius 1 is 1.47 bits per heavy atom. The molecule has 1 unspecified atom stereocenters. The van der Waals surface area contributed by atoms with Crippen molar-refractivity contribution in [2.24, 2.45) is 18.7 Å². The van der Waals surface area contributed by atoms with Gasteiger partial charge in [-0.15, -0.1) is 0 Å². The normalized spacial score (nSPS) is 18.0. The van der Waals surface area contributed by atoms with Gasteiger partial charge in [0.1, 0.15) is 0 Å². The zero-order valence-corrected chi connectivity index (χ0v) is 11.1. The molecule has 0 radical (unpaired) electrons. The van der Waals surface area contributed by atoms with Crippen molar-refractivity contribution in [1.29, 1.82) is 0 Å². The van der Waals surface area contributed by atoms with Crippen molar-refractivity contribution in [2.75, 3.05) is 0 Å². The molecule has 1 saturated carbocycles. The van der Waals surface area contributed by atoms with Gasteiger partial charge in [0, 0.05) is 25.7 Å². The van der Waals surface area contributed by atoms with Crippen molar-refractivity contribution in [3.63, 3.8) is 0 Å². The second-order valence-electron chi connectivity index (χ2n) is 5.33. The number of rotatable bonds is 4. The molecule has 0 aromatic carbocycles. The molecule has 0 aliphatic heterocycles. The lowest BCUT2D eigenvalue weighted by molar-refractivity contribution is 0.341. The molecular formula is C13H19N5O. The third-order valence-electron chi connectivity index (χ3n) is 3.85. The van der Waals surface area contributed by atoms with E-state index in [9.17, 15) is 0 Å². The van der Waals surface area contributed by atoms with Gasteiger partial charge in [-0.05, 0) is 18.8 Å². The number of nitrogens with two attached hydrogens (primary N) is 1. The summed E-state index contributed by atoms with van der Waals surface area (Å²) in [5.74, 6) is 1.81. The van der Waals surface area contributed by atoms with Crippen LogP contribution in [0.1, 0.15) is 31.6 Å². The fraction of sp³-hybridized carbons (Fsp3) is 0.615. The molecule has 0 spiro atoms. The Balaban J connectivity index is 1.67. The fourth-order valence-corrected chi connectivity index (χ4v) is 2.75. The summed E-state index contributed by atoms with van der Waals surface area (Å²) < 4.78 is 7.00. The van der Waals surface area contributed by atoms with Crippen molar-refractivity contribution in [3.05, 3.63) is 18.3 Å². The second kappa shape index (κ2) is 5.13. The summed E-state index contributed by atoms with van der Waals surface area (Å²) in [4.78, 5) is 4.39. The molecular weight excluding hydrogens is 242 g/mol. The van der Waals surface area contributed by atoms with Crippen molar-refractivity contribution >= 4 is 0 Å². The van der Waals surface area contributed by atoms with Gasteiger partial charge < -0.3 is 10.3 Å². The van der Waals surface area contributed by atoms with E-state index in [4.69, 9.17) is 10.3 Å². The van der Waals surface area contributed by atoms with Crippen molar-refractivity contribution in [2.45, 2.75) is 38.1 Å². The molecule has 1 fully saturated rings. The summed E-state index contributed by atoms with van der Waals surface area (Å²) >= 11 is 0. The van der Waals surface area contributed by atoms with Crippen LogP contribution in [0.2, 0.25) is 0 Å². The first kappa shape index (κ1) is 12.3. The average Bonchev–Trinajstić information content (AvgIpc) is 3.07. The van der Waals surface area contributed by atoms with Gasteiger partial charge in [-0.3, -0.25) is 4.68 Å². The molecule has 1 aliphatic rings. The van der Waals surface area contributed by atoms with E-state index in [2.05, 4.69) is 15.2 Å². The lowest BCUT2D eigenvalue weighted by Crippen LogP contribution is -2.30. The van der Waals surface area contributed by atoms with Crippen molar-refractivity contribution < 1.29 is 4.52 Å². The molecule has 102 valence electrons. The molecule has 0 amide bonds. The maximum atomic E-state index is 6.22. The van der Waals surface area contributed by atoms with Gasteiger partial charge in [0.2, 0.25) is 11.7 Å². The number of aryl methyl sites for hydroxylation is 1. The van der Waals surface area contributed by atoms with Gasteiger partial charge in [0.25, 0.3) is 0 Å². The van der Waals surface area contributed by atoms with Gasteiger partial charge in [0.05, 0.1) is 11.8 Å². The summed E-state index contributed by atoms with van der Waals surface area (Å²) in [5, 5.41) is 8.08. The summed E-state index contributed by atoms with van der Waals surface area (Å²) in [5.41, 5.74) is 7.09. The summed E-state index contributed by atoms with van der Waals surface area (Å²) in [6.07, 6.45) is 9.30. The molecule has 2 N–H and O–H groups in total. The Labute approximate surface area is 112 Å². The highest BCUT2D eigenvalue weighted by atomic mass is 16.5. The predicted molar refractivity (Wildman–Crippen MR) is 70.1 cm³/mol. The molecule has 6 nitrogen and oxygen atoms in total. The van der Waals surface area contributed by atoms with Crippen LogP contribution in [0.25, 0.3) is 11.4 Å². The third-order valence-corrected chi connectivity index (χ3v) is 3.85. The first-order valence-electron chi connectivity index (χ1n) is 6.79. The standard InChI is InChI=1S/C13H19N5O/c1-18-8-10(7-15-18)13-16-12(19-17-13)6-11(14)9-4-2-3-5-9/h7-9,11H,2-6,14H2,1H3. The number of nitrogens with zero attached hydrogens (tertiary/aromatic N) is 4. The van der Waals surface area contributed by atoms with Crippen LogP contribution in [0.15, 0.2) is 16.9 Å². The SMILES string of the molecule is Cn1cc(-c2noc(CC(N)C3CCCC3)n2)cn1. The Bertz CT molecular complexity index is 541. The van der Waals surface area contributed by atoms with E-state index < -0.39 is 0 Å². The van der Waals surface area contributed by atoms with Crippen LogP contribution in [0.5, 0.6) is 0 Å². The fourth-order valence-electron chi connectivity index (χ4n) is 2.75. The largest absolute Gasteiger partial charge is 0.339 e. The molecule has 2 heterocycles. The second-order valence-corrected chi connectivity index (χ2v) is 5.33. The van der Waals surface area contributed by atoms with E-state index in [0.29, 0.717) is 24.1 Å². The van der Waals surface area contributed by atoms with Crippen LogP contribution >= 0.6 is 0 Å². The van der Waals surface area contributed by atoms with Crippen LogP contribution in [0.3, 0.4) is 0 Å². The molecule has 1 aliphatic carbocycles. The van der Waals surface area contributed by atoms with E-state index in [0.717, 1.165) is 5.56 Å². The highest BCUT2D eigenvalue weighted by Gasteiger charge is 2.24. The summed E-state index contributed by atoms with van der Waals surface area (Å²) in [7, 11) is 1.86. The van der Waals surface area contributed by atoms with Crippen molar-refractivity contribution in [3.8, 4) is 11.4 Å². The number of hydrogen-bond donors (Lipinski definition) is 1. The Kier molecular flexibility index (Phi) is 3.33. The van der Waals surface area contributed by atoms with E-state index in [-0.39, 0.29) is 6.04 Å². The minimum Gasteiger partial charge on any atom is -0.339 e. The number of hydrogen-bond acceptors (Lipinski definition) is 5. The Morgan fingerprint density at radius 3 is 2.95 bits per heavy atom. The lowest BCUT2D eigenvalue weighted by atomic mass is 9.96. The average molecular weight is 261 g/mol. The zero-order valence-electron chi connectivity index (χ0n) is 11.1. The van der Waals surface area contributed by atoms with Crippen LogP contribution < -0.4 is 5.73 Å². The Hall–Kier alpha value is -1.69. The van der Waals surface area contributed by atoms with Crippen LogP contribution in [0, 0.1) is 5.92 Å². The maximum Gasteiger partial charge on any atom is 0.228 e. The monoisotopic (exact) mass is 261 g/mol. The Morgan fingerprint density at radius 2 is 2.26 bits per heavy atom. The summed E-state index contributed by atoms with van der Waals surface area (Å²) in [6, 6.07) is 0.129. The molecule has 6 heteroatoms. The molecule has 1 atom stereocenters. The molecule has 0 saturated heterocycles. The van der Waals surface area contributed by atoms with Crippen molar-refractivity contribution in [1.82, 2.24) is 19.9 Å². The molecule has 2 aromatic heterocycles. The quantitative estimate of drug-likeness (QED) is 0.902. The smallest absolute Gasteiger partial charge is 0.228 e. The van der Waals surface area contributed by atoms with E-state index in [1.165, 1.54) is 25.7 Å². The first-order chi connectivity index (χ1) is 9.22. The zero-order chi connectivity index (χ0) is 13.2. The summed E-state index contributed by atoms with van der Waals surface area (Å²) in [6.45, 7) is 0. The molecule has 3 rings (SSSR count). The van der Waals surface area contributed by atoms with Crippen LogP contribution in [-0.4, -0.2) is 26.0 Å². The van der Waals surface area contributed by atoms with Gasteiger partial charge >= 0.3 is 0 Å². The lowest BCUT2D eigenvalue weighted by Gasteiger charge is -2.16. The van der Waals surface area contributed by atoms with E-state index in [1.807, 2.05) is 13.2 Å². The van der Waals surface area contributed by atoms with Gasteiger partial charge in [-0.1, -0.05) is 18.0 Å². The van der Waals surface area contributed by atoms with Gasteiger partial charge in [-0.2, -0.15) is 10.1 Å². The molecule has 0 bridgehead atoms. The van der Waals surface area contributed by atoms with E-state index in [1.54, 1.807) is 10.9 Å². The van der Waals surface area contributed by atoms with Gasteiger partial charge in [-0.25, -0.2) is 0 Å². The minimum atomic E-state index is 0.129. The predicted octanol–water partition coefficient (Wildman–Crippen LogP) is 1.53. The van der Waals surface area contributed by atoms with Gasteiger partial charge in [0.15, 0.2) is 0 Å². The molecule has 19 heavy (non-hydrogen) atoms. The first-order valence-corrected chi connectivity index (χ1v) is 6.79. The maximum absolute atomic E-state index is 6.22. The molecule has 2 aromatic rings. The highest BCUT2D eigenvalue weighted by molar-refractivity contribution is 5.50. The van der Waals surface area contributed by atoms with Crippen LogP contribution in [-0.2, 0) is 13.5 Å².